The van der Waals surface area contributed by atoms with Crippen LogP contribution in [0.1, 0.15) is 61.5 Å². The molecule has 138 valence electrons. The van der Waals surface area contributed by atoms with Gasteiger partial charge in [-0.15, -0.1) is 0 Å². The van der Waals surface area contributed by atoms with E-state index in [4.69, 9.17) is 0 Å². The number of hydrogen-bond acceptors (Lipinski definition) is 3. The van der Waals surface area contributed by atoms with Crippen molar-refractivity contribution in [1.82, 2.24) is 9.80 Å². The maximum Gasteiger partial charge on any atom is 0.253 e. The normalized spacial score (nSPS) is 19.8. The topological polar surface area (TPSA) is 43.8 Å². The van der Waals surface area contributed by atoms with Gasteiger partial charge >= 0.3 is 0 Å². The van der Waals surface area contributed by atoms with Crippen LogP contribution in [0.5, 0.6) is 0 Å². The summed E-state index contributed by atoms with van der Waals surface area (Å²) in [5.74, 6) is 0.428. The summed E-state index contributed by atoms with van der Waals surface area (Å²) in [4.78, 5) is 17.3. The Labute approximate surface area is 151 Å². The molecule has 0 aromatic heterocycles. The Morgan fingerprint density at radius 3 is 2.56 bits per heavy atom. The number of nitrogens with zero attached hydrogens (tertiary/aromatic N) is 2. The molecule has 0 saturated carbocycles. The molecule has 25 heavy (non-hydrogen) atoms. The summed E-state index contributed by atoms with van der Waals surface area (Å²) in [5.41, 5.74) is 2.89. The van der Waals surface area contributed by atoms with E-state index in [0.717, 1.165) is 57.5 Å². The van der Waals surface area contributed by atoms with Crippen molar-refractivity contribution >= 4 is 5.91 Å². The molecule has 2 aliphatic rings. The minimum absolute atomic E-state index is 0.146. The highest BCUT2D eigenvalue weighted by Gasteiger charge is 2.32. The van der Waals surface area contributed by atoms with E-state index in [2.05, 4.69) is 24.0 Å². The SMILES string of the molecule is CCCN1CCc2cc(C(=O)N3CCC(C(C)(C)O)CC3)ccc2C1. The molecule has 0 spiro atoms. The molecule has 1 fully saturated rings. The number of benzene rings is 1. The first-order chi connectivity index (χ1) is 11.9. The van der Waals surface area contributed by atoms with Crippen LogP contribution in [0.25, 0.3) is 0 Å². The van der Waals surface area contributed by atoms with Gasteiger partial charge in [-0.25, -0.2) is 0 Å². The van der Waals surface area contributed by atoms with E-state index in [0.29, 0.717) is 0 Å². The summed E-state index contributed by atoms with van der Waals surface area (Å²) in [6.45, 7) is 10.7. The van der Waals surface area contributed by atoms with Crippen LogP contribution in [0, 0.1) is 5.92 Å². The lowest BCUT2D eigenvalue weighted by Crippen LogP contribution is -2.44. The van der Waals surface area contributed by atoms with Crippen LogP contribution >= 0.6 is 0 Å². The maximum absolute atomic E-state index is 12.9. The van der Waals surface area contributed by atoms with Crippen LogP contribution in [0.2, 0.25) is 0 Å². The molecule has 2 aliphatic heterocycles. The summed E-state index contributed by atoms with van der Waals surface area (Å²) < 4.78 is 0. The molecule has 0 radical (unpaired) electrons. The molecule has 1 saturated heterocycles. The van der Waals surface area contributed by atoms with E-state index < -0.39 is 5.60 Å². The van der Waals surface area contributed by atoms with Crippen molar-refractivity contribution in [3.8, 4) is 0 Å². The van der Waals surface area contributed by atoms with Crippen molar-refractivity contribution in [1.29, 1.82) is 0 Å². The minimum Gasteiger partial charge on any atom is -0.390 e. The lowest BCUT2D eigenvalue weighted by molar-refractivity contribution is -0.0108. The minimum atomic E-state index is -0.647. The average molecular weight is 344 g/mol. The quantitative estimate of drug-likeness (QED) is 0.913. The van der Waals surface area contributed by atoms with Crippen molar-refractivity contribution in [2.24, 2.45) is 5.92 Å². The van der Waals surface area contributed by atoms with Gasteiger partial charge in [0.15, 0.2) is 0 Å². The molecule has 2 heterocycles. The standard InChI is InChI=1S/C21H32N2O2/c1-4-10-22-11-7-16-14-17(5-6-18(16)15-22)20(24)23-12-8-19(9-13-23)21(2,3)25/h5-6,14,19,25H,4,7-13,15H2,1-3H3. The number of rotatable bonds is 4. The van der Waals surface area contributed by atoms with Crippen LogP contribution in [-0.4, -0.2) is 52.6 Å². The van der Waals surface area contributed by atoms with Crippen molar-refractivity contribution in [2.45, 2.75) is 58.6 Å². The molecule has 1 aromatic carbocycles. The third kappa shape index (κ3) is 4.24. The lowest BCUT2D eigenvalue weighted by Gasteiger charge is -2.38. The van der Waals surface area contributed by atoms with Gasteiger partial charge in [0.2, 0.25) is 0 Å². The molecule has 1 amide bonds. The third-order valence-electron chi connectivity index (χ3n) is 5.87. The Morgan fingerprint density at radius 2 is 1.92 bits per heavy atom. The van der Waals surface area contributed by atoms with Crippen molar-refractivity contribution in [3.63, 3.8) is 0 Å². The second-order valence-electron chi connectivity index (χ2n) is 8.23. The van der Waals surface area contributed by atoms with Crippen molar-refractivity contribution < 1.29 is 9.90 Å². The Morgan fingerprint density at radius 1 is 1.20 bits per heavy atom. The highest BCUT2D eigenvalue weighted by Crippen LogP contribution is 2.29. The number of carbonyl (C=O) groups excluding carboxylic acids is 1. The van der Waals surface area contributed by atoms with E-state index in [1.165, 1.54) is 17.5 Å². The van der Waals surface area contributed by atoms with E-state index in [-0.39, 0.29) is 11.8 Å². The first-order valence-electron chi connectivity index (χ1n) is 9.74. The van der Waals surface area contributed by atoms with Gasteiger partial charge in [0, 0.05) is 31.7 Å². The smallest absolute Gasteiger partial charge is 0.253 e. The number of hydrogen-bond donors (Lipinski definition) is 1. The fourth-order valence-corrected chi connectivity index (χ4v) is 4.22. The molecular formula is C21H32N2O2. The van der Waals surface area contributed by atoms with Gasteiger partial charge in [-0.1, -0.05) is 13.0 Å². The third-order valence-corrected chi connectivity index (χ3v) is 5.87. The monoisotopic (exact) mass is 344 g/mol. The van der Waals surface area contributed by atoms with E-state index >= 15 is 0 Å². The molecule has 1 N–H and O–H groups in total. The van der Waals surface area contributed by atoms with Crippen molar-refractivity contribution in [3.05, 3.63) is 34.9 Å². The van der Waals surface area contributed by atoms with E-state index in [9.17, 15) is 9.90 Å². The van der Waals surface area contributed by atoms with Crippen molar-refractivity contribution in [2.75, 3.05) is 26.2 Å². The summed E-state index contributed by atoms with van der Waals surface area (Å²) in [6, 6.07) is 6.26. The van der Waals surface area contributed by atoms with Gasteiger partial charge in [-0.2, -0.15) is 0 Å². The molecule has 0 atom stereocenters. The summed E-state index contributed by atoms with van der Waals surface area (Å²) in [6.07, 6.45) is 3.99. The summed E-state index contributed by atoms with van der Waals surface area (Å²) >= 11 is 0. The van der Waals surface area contributed by atoms with Crippen LogP contribution in [-0.2, 0) is 13.0 Å². The lowest BCUT2D eigenvalue weighted by atomic mass is 9.83. The van der Waals surface area contributed by atoms with Gasteiger partial charge in [-0.3, -0.25) is 9.69 Å². The molecule has 1 aromatic rings. The first-order valence-corrected chi connectivity index (χ1v) is 9.74. The maximum atomic E-state index is 12.9. The zero-order chi connectivity index (χ0) is 18.0. The predicted octanol–water partition coefficient (Wildman–Crippen LogP) is 3.08. The number of amides is 1. The molecule has 0 bridgehead atoms. The van der Waals surface area contributed by atoms with Crippen LogP contribution in [0.15, 0.2) is 18.2 Å². The molecule has 0 aliphatic carbocycles. The number of carbonyl (C=O) groups is 1. The highest BCUT2D eigenvalue weighted by molar-refractivity contribution is 5.94. The fraction of sp³-hybridized carbons (Fsp3) is 0.667. The van der Waals surface area contributed by atoms with Gasteiger partial charge in [0.25, 0.3) is 5.91 Å². The second kappa shape index (κ2) is 7.46. The Hall–Kier alpha value is -1.39. The Balaban J connectivity index is 1.64. The zero-order valence-corrected chi connectivity index (χ0v) is 15.9. The molecule has 0 unspecified atom stereocenters. The van der Waals surface area contributed by atoms with Crippen LogP contribution in [0.4, 0.5) is 0 Å². The van der Waals surface area contributed by atoms with E-state index in [1.807, 2.05) is 24.8 Å². The number of aliphatic hydroxyl groups is 1. The molecule has 4 nitrogen and oxygen atoms in total. The Kier molecular flexibility index (Phi) is 5.49. The molecule has 4 heteroatoms. The van der Waals surface area contributed by atoms with Crippen LogP contribution in [0.3, 0.4) is 0 Å². The van der Waals surface area contributed by atoms with Crippen LogP contribution < -0.4 is 0 Å². The largest absolute Gasteiger partial charge is 0.390 e. The molecular weight excluding hydrogens is 312 g/mol. The van der Waals surface area contributed by atoms with E-state index in [1.54, 1.807) is 0 Å². The van der Waals surface area contributed by atoms with Gasteiger partial charge in [0.1, 0.15) is 0 Å². The number of piperidine rings is 1. The van der Waals surface area contributed by atoms with Gasteiger partial charge in [-0.05, 0) is 75.3 Å². The number of likely N-dealkylation sites (tertiary alicyclic amines) is 1. The first kappa shape index (κ1) is 18.4. The fourth-order valence-electron chi connectivity index (χ4n) is 4.22. The summed E-state index contributed by atoms with van der Waals surface area (Å²) in [5, 5.41) is 10.2. The predicted molar refractivity (Wildman–Crippen MR) is 101 cm³/mol. The summed E-state index contributed by atoms with van der Waals surface area (Å²) in [7, 11) is 0. The Bertz CT molecular complexity index is 613. The second-order valence-corrected chi connectivity index (χ2v) is 8.23. The van der Waals surface area contributed by atoms with Gasteiger partial charge in [0.05, 0.1) is 5.60 Å². The van der Waals surface area contributed by atoms with Gasteiger partial charge < -0.3 is 10.0 Å². The highest BCUT2D eigenvalue weighted by atomic mass is 16.3. The zero-order valence-electron chi connectivity index (χ0n) is 15.9. The number of fused-ring (bicyclic) bond motifs is 1. The average Bonchev–Trinajstić information content (AvgIpc) is 2.60. The molecule has 3 rings (SSSR count).